The van der Waals surface area contributed by atoms with Gasteiger partial charge in [0.2, 0.25) is 5.91 Å². The topological polar surface area (TPSA) is 84.2 Å². The van der Waals surface area contributed by atoms with E-state index in [0.717, 1.165) is 28.1 Å². The first kappa shape index (κ1) is 19.7. The summed E-state index contributed by atoms with van der Waals surface area (Å²) in [5.41, 5.74) is 4.71. The van der Waals surface area contributed by atoms with Gasteiger partial charge in [0.15, 0.2) is 0 Å². The molecule has 0 aliphatic rings. The number of benzene rings is 1. The smallest absolute Gasteiger partial charge is 0.308 e. The van der Waals surface area contributed by atoms with Crippen molar-refractivity contribution in [2.75, 3.05) is 6.54 Å². The first-order chi connectivity index (χ1) is 12.2. The molecule has 1 amide bonds. The maximum absolute atomic E-state index is 12.5. The molecule has 2 rings (SSSR count). The minimum Gasteiger partial charge on any atom is -0.481 e. The Morgan fingerprint density at radius 2 is 1.96 bits per heavy atom. The van der Waals surface area contributed by atoms with Gasteiger partial charge in [-0.3, -0.25) is 14.3 Å². The van der Waals surface area contributed by atoms with E-state index in [0.29, 0.717) is 6.42 Å². The van der Waals surface area contributed by atoms with Crippen LogP contribution in [0.5, 0.6) is 0 Å². The van der Waals surface area contributed by atoms with Gasteiger partial charge in [-0.05, 0) is 39.7 Å². The monoisotopic (exact) mass is 357 g/mol. The Kier molecular flexibility index (Phi) is 6.18. The number of carbonyl (C=O) groups is 2. The third-order valence-corrected chi connectivity index (χ3v) is 4.83. The average molecular weight is 357 g/mol. The number of carbonyl (C=O) groups excluding carboxylic acids is 1. The molecular weight excluding hydrogens is 330 g/mol. The van der Waals surface area contributed by atoms with Crippen LogP contribution in [0.25, 0.3) is 0 Å². The predicted octanol–water partition coefficient (Wildman–Crippen LogP) is 2.51. The fraction of sp³-hybridized carbons (Fsp3) is 0.450. The SMILES string of the molecule is Cc1cccc(CC(CNC(=O)C(C)c2c(C)nn(C)c2C)C(=O)O)c1. The molecule has 1 aromatic carbocycles. The molecule has 0 radical (unpaired) electrons. The molecule has 0 fully saturated rings. The number of aliphatic carboxylic acids is 1. The van der Waals surface area contributed by atoms with Crippen LogP contribution in [0, 0.1) is 26.7 Å². The fourth-order valence-electron chi connectivity index (χ4n) is 3.30. The number of amides is 1. The molecule has 6 nitrogen and oxygen atoms in total. The fourth-order valence-corrected chi connectivity index (χ4v) is 3.30. The molecule has 140 valence electrons. The molecule has 0 bridgehead atoms. The van der Waals surface area contributed by atoms with Crippen molar-refractivity contribution >= 4 is 11.9 Å². The molecule has 1 aromatic heterocycles. The standard InChI is InChI=1S/C20H27N3O3/c1-12-7-6-8-16(9-12)10-17(20(25)26)11-21-19(24)13(2)18-14(3)22-23(5)15(18)4/h6-9,13,17H,10-11H2,1-5H3,(H,21,24)(H,25,26). The number of hydrogen-bond acceptors (Lipinski definition) is 3. The first-order valence-corrected chi connectivity index (χ1v) is 8.76. The Bertz CT molecular complexity index is 811. The molecule has 0 spiro atoms. The Balaban J connectivity index is 2.04. The lowest BCUT2D eigenvalue weighted by Crippen LogP contribution is -2.36. The van der Waals surface area contributed by atoms with Crippen LogP contribution in [0.3, 0.4) is 0 Å². The quantitative estimate of drug-likeness (QED) is 0.797. The molecule has 1 heterocycles. The van der Waals surface area contributed by atoms with Gasteiger partial charge in [-0.25, -0.2) is 0 Å². The van der Waals surface area contributed by atoms with Crippen LogP contribution in [0.1, 0.15) is 40.9 Å². The maximum atomic E-state index is 12.5. The highest BCUT2D eigenvalue weighted by atomic mass is 16.4. The predicted molar refractivity (Wildman–Crippen MR) is 100 cm³/mol. The summed E-state index contributed by atoms with van der Waals surface area (Å²) in [4.78, 5) is 24.1. The zero-order valence-corrected chi connectivity index (χ0v) is 16.0. The highest BCUT2D eigenvalue weighted by molar-refractivity contribution is 5.84. The van der Waals surface area contributed by atoms with Crippen LogP contribution in [-0.2, 0) is 23.1 Å². The highest BCUT2D eigenvalue weighted by Gasteiger charge is 2.25. The Morgan fingerprint density at radius 1 is 1.27 bits per heavy atom. The van der Waals surface area contributed by atoms with Gasteiger partial charge in [0.1, 0.15) is 0 Å². The second-order valence-electron chi connectivity index (χ2n) is 6.90. The summed E-state index contributed by atoms with van der Waals surface area (Å²) in [6.07, 6.45) is 0.386. The highest BCUT2D eigenvalue weighted by Crippen LogP contribution is 2.23. The largest absolute Gasteiger partial charge is 0.481 e. The molecule has 2 unspecified atom stereocenters. The van der Waals surface area contributed by atoms with Crippen molar-refractivity contribution in [3.05, 3.63) is 52.3 Å². The molecular formula is C20H27N3O3. The number of hydrogen-bond donors (Lipinski definition) is 2. The molecule has 0 saturated carbocycles. The van der Waals surface area contributed by atoms with E-state index in [9.17, 15) is 14.7 Å². The minimum absolute atomic E-state index is 0.102. The van der Waals surface area contributed by atoms with Crippen molar-refractivity contribution in [2.24, 2.45) is 13.0 Å². The molecule has 0 aliphatic carbocycles. The molecule has 6 heteroatoms. The molecule has 2 atom stereocenters. The Labute approximate surface area is 154 Å². The molecule has 2 aromatic rings. The molecule has 0 aliphatic heterocycles. The number of nitrogens with one attached hydrogen (secondary N) is 1. The van der Waals surface area contributed by atoms with E-state index in [1.165, 1.54) is 0 Å². The van der Waals surface area contributed by atoms with E-state index in [4.69, 9.17) is 0 Å². The van der Waals surface area contributed by atoms with Gasteiger partial charge in [-0.1, -0.05) is 29.8 Å². The number of nitrogens with zero attached hydrogens (tertiary/aromatic N) is 2. The Hall–Kier alpha value is -2.63. The van der Waals surface area contributed by atoms with Gasteiger partial charge >= 0.3 is 5.97 Å². The van der Waals surface area contributed by atoms with Crippen molar-refractivity contribution in [3.8, 4) is 0 Å². The van der Waals surface area contributed by atoms with Crippen molar-refractivity contribution < 1.29 is 14.7 Å². The second-order valence-corrected chi connectivity index (χ2v) is 6.90. The summed E-state index contributed by atoms with van der Waals surface area (Å²) < 4.78 is 1.76. The summed E-state index contributed by atoms with van der Waals surface area (Å²) in [7, 11) is 1.85. The first-order valence-electron chi connectivity index (χ1n) is 8.76. The molecule has 0 saturated heterocycles. The van der Waals surface area contributed by atoms with E-state index >= 15 is 0 Å². The van der Waals surface area contributed by atoms with Crippen molar-refractivity contribution in [2.45, 2.75) is 40.0 Å². The summed E-state index contributed by atoms with van der Waals surface area (Å²) >= 11 is 0. The van der Waals surface area contributed by atoms with Gasteiger partial charge < -0.3 is 10.4 Å². The van der Waals surface area contributed by atoms with E-state index in [1.807, 2.05) is 59.0 Å². The van der Waals surface area contributed by atoms with Crippen molar-refractivity contribution in [1.29, 1.82) is 0 Å². The van der Waals surface area contributed by atoms with E-state index in [2.05, 4.69) is 10.4 Å². The molecule has 26 heavy (non-hydrogen) atoms. The van der Waals surface area contributed by atoms with Crippen molar-refractivity contribution in [1.82, 2.24) is 15.1 Å². The lowest BCUT2D eigenvalue weighted by atomic mass is 9.96. The summed E-state index contributed by atoms with van der Waals surface area (Å²) in [5, 5.41) is 16.6. The second kappa shape index (κ2) is 8.17. The van der Waals surface area contributed by atoms with Gasteiger partial charge in [0.05, 0.1) is 17.5 Å². The van der Waals surface area contributed by atoms with Gasteiger partial charge in [-0.2, -0.15) is 5.10 Å². The number of carboxylic acids is 1. The number of rotatable bonds is 7. The lowest BCUT2D eigenvalue weighted by Gasteiger charge is -2.17. The van der Waals surface area contributed by atoms with Crippen molar-refractivity contribution in [3.63, 3.8) is 0 Å². The minimum atomic E-state index is -0.909. The zero-order valence-electron chi connectivity index (χ0n) is 16.0. The summed E-state index contributed by atoms with van der Waals surface area (Å²) in [6, 6.07) is 7.78. The van der Waals surface area contributed by atoms with E-state index < -0.39 is 11.9 Å². The van der Waals surface area contributed by atoms with Gasteiger partial charge in [-0.15, -0.1) is 0 Å². The van der Waals surface area contributed by atoms with Crippen LogP contribution in [0.15, 0.2) is 24.3 Å². The molecule has 2 N–H and O–H groups in total. The van der Waals surface area contributed by atoms with Gasteiger partial charge in [0.25, 0.3) is 0 Å². The van der Waals surface area contributed by atoms with Crippen LogP contribution < -0.4 is 5.32 Å². The zero-order chi connectivity index (χ0) is 19.4. The third kappa shape index (κ3) is 4.50. The van der Waals surface area contributed by atoms with Gasteiger partial charge in [0, 0.05) is 24.8 Å². The third-order valence-electron chi connectivity index (χ3n) is 4.83. The Morgan fingerprint density at radius 3 is 2.50 bits per heavy atom. The van der Waals surface area contributed by atoms with Crippen LogP contribution in [-0.4, -0.2) is 33.3 Å². The maximum Gasteiger partial charge on any atom is 0.308 e. The summed E-state index contributed by atoms with van der Waals surface area (Å²) in [5.74, 6) is -2.13. The van der Waals surface area contributed by atoms with Crippen LogP contribution >= 0.6 is 0 Å². The number of aromatic nitrogens is 2. The van der Waals surface area contributed by atoms with E-state index in [-0.39, 0.29) is 18.4 Å². The number of carboxylic acid groups (broad SMARTS) is 1. The van der Waals surface area contributed by atoms with Crippen LogP contribution in [0.2, 0.25) is 0 Å². The normalized spacial score (nSPS) is 13.3. The average Bonchev–Trinajstić information content (AvgIpc) is 2.82. The lowest BCUT2D eigenvalue weighted by molar-refractivity contribution is -0.141. The van der Waals surface area contributed by atoms with Crippen LogP contribution in [0.4, 0.5) is 0 Å². The number of aryl methyl sites for hydroxylation is 3. The summed E-state index contributed by atoms with van der Waals surface area (Å²) in [6.45, 7) is 7.70. The van der Waals surface area contributed by atoms with E-state index in [1.54, 1.807) is 4.68 Å².